The van der Waals surface area contributed by atoms with Crippen LogP contribution in [0.25, 0.3) is 0 Å². The highest BCUT2D eigenvalue weighted by atomic mass is 32.2. The molecule has 1 fully saturated rings. The maximum atomic E-state index is 12.3. The van der Waals surface area contributed by atoms with Crippen LogP contribution in [0, 0.1) is 0 Å². The van der Waals surface area contributed by atoms with Crippen LogP contribution < -0.4 is 5.32 Å². The molecule has 19 heavy (non-hydrogen) atoms. The standard InChI is InChI=1S/C15H29NO2S/c1-5-7-10-19-13-8-9-15(11-13,16-12(3)4)14(17)18-6-2/h12-13,16H,5-11H2,1-4H3. The van der Waals surface area contributed by atoms with E-state index in [0.717, 1.165) is 19.3 Å². The summed E-state index contributed by atoms with van der Waals surface area (Å²) in [5, 5.41) is 4.07. The lowest BCUT2D eigenvalue weighted by molar-refractivity contribution is -0.151. The highest BCUT2D eigenvalue weighted by Gasteiger charge is 2.46. The first-order valence-electron chi connectivity index (χ1n) is 7.60. The molecular weight excluding hydrogens is 258 g/mol. The van der Waals surface area contributed by atoms with E-state index in [9.17, 15) is 4.79 Å². The second-order valence-corrected chi connectivity index (χ2v) is 7.10. The first-order chi connectivity index (χ1) is 9.04. The smallest absolute Gasteiger partial charge is 0.326 e. The van der Waals surface area contributed by atoms with Gasteiger partial charge in [-0.2, -0.15) is 11.8 Å². The second kappa shape index (κ2) is 8.15. The lowest BCUT2D eigenvalue weighted by Crippen LogP contribution is -2.54. The summed E-state index contributed by atoms with van der Waals surface area (Å²) in [4.78, 5) is 12.3. The Morgan fingerprint density at radius 1 is 1.47 bits per heavy atom. The molecule has 0 heterocycles. The lowest BCUT2D eigenvalue weighted by Gasteiger charge is -2.30. The van der Waals surface area contributed by atoms with Crippen LogP contribution in [0.1, 0.15) is 59.8 Å². The van der Waals surface area contributed by atoms with Crippen LogP contribution >= 0.6 is 11.8 Å². The molecule has 0 bridgehead atoms. The van der Waals surface area contributed by atoms with Crippen molar-refractivity contribution in [2.75, 3.05) is 12.4 Å². The summed E-state index contributed by atoms with van der Waals surface area (Å²) >= 11 is 2.03. The Labute approximate surface area is 122 Å². The minimum atomic E-state index is -0.436. The summed E-state index contributed by atoms with van der Waals surface area (Å²) in [5.74, 6) is 1.16. The van der Waals surface area contributed by atoms with Crippen LogP contribution in [-0.2, 0) is 9.53 Å². The minimum Gasteiger partial charge on any atom is -0.465 e. The topological polar surface area (TPSA) is 38.3 Å². The van der Waals surface area contributed by atoms with Gasteiger partial charge in [0.05, 0.1) is 6.61 Å². The van der Waals surface area contributed by atoms with Gasteiger partial charge in [0, 0.05) is 11.3 Å². The average molecular weight is 287 g/mol. The van der Waals surface area contributed by atoms with Gasteiger partial charge in [-0.15, -0.1) is 0 Å². The molecule has 1 aliphatic rings. The van der Waals surface area contributed by atoms with Crippen LogP contribution in [0.4, 0.5) is 0 Å². The number of hydrogen-bond acceptors (Lipinski definition) is 4. The molecule has 112 valence electrons. The molecule has 0 radical (unpaired) electrons. The van der Waals surface area contributed by atoms with Crippen molar-refractivity contribution in [2.45, 2.75) is 76.6 Å². The number of carbonyl (C=O) groups is 1. The maximum Gasteiger partial charge on any atom is 0.326 e. The number of thioether (sulfide) groups is 1. The predicted octanol–water partition coefficient (Wildman–Crippen LogP) is 3.37. The predicted molar refractivity (Wildman–Crippen MR) is 82.6 cm³/mol. The maximum absolute atomic E-state index is 12.3. The number of nitrogens with one attached hydrogen (secondary N) is 1. The van der Waals surface area contributed by atoms with E-state index >= 15 is 0 Å². The fourth-order valence-corrected chi connectivity index (χ4v) is 4.21. The Hall–Kier alpha value is -0.220. The largest absolute Gasteiger partial charge is 0.465 e. The van der Waals surface area contributed by atoms with Crippen molar-refractivity contribution in [3.63, 3.8) is 0 Å². The molecule has 3 nitrogen and oxygen atoms in total. The van der Waals surface area contributed by atoms with Gasteiger partial charge in [0.1, 0.15) is 5.54 Å². The van der Waals surface area contributed by atoms with Gasteiger partial charge in [0.25, 0.3) is 0 Å². The Kier molecular flexibility index (Phi) is 7.22. The lowest BCUT2D eigenvalue weighted by atomic mass is 9.96. The SMILES string of the molecule is CCCCSC1CCC(NC(C)C)(C(=O)OCC)C1. The van der Waals surface area contributed by atoms with Crippen molar-refractivity contribution in [1.82, 2.24) is 5.32 Å². The number of unbranched alkanes of at least 4 members (excludes halogenated alkanes) is 1. The van der Waals surface area contributed by atoms with E-state index in [2.05, 4.69) is 26.1 Å². The summed E-state index contributed by atoms with van der Waals surface area (Å²) in [6.45, 7) is 8.76. The van der Waals surface area contributed by atoms with E-state index in [0.29, 0.717) is 17.9 Å². The average Bonchev–Trinajstić information content (AvgIpc) is 2.74. The highest BCUT2D eigenvalue weighted by molar-refractivity contribution is 7.99. The van der Waals surface area contributed by atoms with Gasteiger partial charge in [-0.25, -0.2) is 0 Å². The van der Waals surface area contributed by atoms with Crippen molar-refractivity contribution >= 4 is 17.7 Å². The van der Waals surface area contributed by atoms with E-state index in [-0.39, 0.29) is 5.97 Å². The highest BCUT2D eigenvalue weighted by Crippen LogP contribution is 2.38. The number of rotatable bonds is 8. The third-order valence-corrected chi connectivity index (χ3v) is 4.95. The summed E-state index contributed by atoms with van der Waals surface area (Å²) in [5.41, 5.74) is -0.436. The van der Waals surface area contributed by atoms with Crippen LogP contribution in [-0.4, -0.2) is 35.2 Å². The van der Waals surface area contributed by atoms with Crippen LogP contribution in [0.2, 0.25) is 0 Å². The van der Waals surface area contributed by atoms with Crippen LogP contribution in [0.3, 0.4) is 0 Å². The molecule has 0 aromatic carbocycles. The van der Waals surface area contributed by atoms with Crippen molar-refractivity contribution < 1.29 is 9.53 Å². The number of ether oxygens (including phenoxy) is 1. The summed E-state index contributed by atoms with van der Waals surface area (Å²) in [6.07, 6.45) is 5.46. The molecule has 1 N–H and O–H groups in total. The molecule has 1 rings (SSSR count). The molecule has 1 saturated carbocycles. The molecule has 0 aromatic heterocycles. The fraction of sp³-hybridized carbons (Fsp3) is 0.933. The van der Waals surface area contributed by atoms with Gasteiger partial charge < -0.3 is 4.74 Å². The number of esters is 1. The van der Waals surface area contributed by atoms with Gasteiger partial charge in [-0.05, 0) is 52.2 Å². The Morgan fingerprint density at radius 2 is 2.21 bits per heavy atom. The first-order valence-corrected chi connectivity index (χ1v) is 8.65. The molecule has 0 aliphatic heterocycles. The monoisotopic (exact) mass is 287 g/mol. The molecule has 0 amide bonds. The van der Waals surface area contributed by atoms with Crippen LogP contribution in [0.15, 0.2) is 0 Å². The van der Waals surface area contributed by atoms with E-state index in [4.69, 9.17) is 4.74 Å². The molecule has 2 unspecified atom stereocenters. The van der Waals surface area contributed by atoms with E-state index in [1.54, 1.807) is 0 Å². The Bertz CT molecular complexity index is 283. The van der Waals surface area contributed by atoms with Gasteiger partial charge >= 0.3 is 5.97 Å². The zero-order valence-corrected chi connectivity index (χ0v) is 13.6. The molecule has 0 saturated heterocycles. The van der Waals surface area contributed by atoms with E-state index in [1.165, 1.54) is 18.6 Å². The van der Waals surface area contributed by atoms with Crippen LogP contribution in [0.5, 0.6) is 0 Å². The van der Waals surface area contributed by atoms with Crippen molar-refractivity contribution in [3.05, 3.63) is 0 Å². The molecular formula is C15H29NO2S. The fourth-order valence-electron chi connectivity index (χ4n) is 2.73. The minimum absolute atomic E-state index is 0.0534. The van der Waals surface area contributed by atoms with Crippen molar-refractivity contribution in [1.29, 1.82) is 0 Å². The third kappa shape index (κ3) is 4.99. The summed E-state index contributed by atoms with van der Waals surface area (Å²) in [6, 6.07) is 0.309. The summed E-state index contributed by atoms with van der Waals surface area (Å²) in [7, 11) is 0. The third-order valence-electron chi connectivity index (χ3n) is 3.55. The summed E-state index contributed by atoms with van der Waals surface area (Å²) < 4.78 is 5.29. The number of hydrogen-bond donors (Lipinski definition) is 1. The van der Waals surface area contributed by atoms with E-state index in [1.807, 2.05) is 18.7 Å². The van der Waals surface area contributed by atoms with Crippen molar-refractivity contribution in [2.24, 2.45) is 0 Å². The zero-order valence-electron chi connectivity index (χ0n) is 12.8. The molecule has 0 aromatic rings. The first kappa shape index (κ1) is 16.8. The van der Waals surface area contributed by atoms with Crippen molar-refractivity contribution in [3.8, 4) is 0 Å². The molecule has 2 atom stereocenters. The van der Waals surface area contributed by atoms with Gasteiger partial charge in [-0.1, -0.05) is 13.3 Å². The number of carbonyl (C=O) groups excluding carboxylic acids is 1. The zero-order chi connectivity index (χ0) is 14.3. The van der Waals surface area contributed by atoms with Gasteiger partial charge in [0.2, 0.25) is 0 Å². The second-order valence-electron chi connectivity index (χ2n) is 5.69. The molecule has 1 aliphatic carbocycles. The quantitative estimate of drug-likeness (QED) is 0.549. The van der Waals surface area contributed by atoms with E-state index < -0.39 is 5.54 Å². The Morgan fingerprint density at radius 3 is 2.79 bits per heavy atom. The van der Waals surface area contributed by atoms with Gasteiger partial charge in [0.15, 0.2) is 0 Å². The molecule has 0 spiro atoms. The molecule has 4 heteroatoms. The van der Waals surface area contributed by atoms with Gasteiger partial charge in [-0.3, -0.25) is 10.1 Å². The normalized spacial score (nSPS) is 26.9. The Balaban J connectivity index is 2.59.